The van der Waals surface area contributed by atoms with Gasteiger partial charge in [0.25, 0.3) is 0 Å². The molecule has 0 aliphatic carbocycles. The number of hydrogen-bond donors (Lipinski definition) is 1. The maximum absolute atomic E-state index is 10.4. The Kier molecular flexibility index (Phi) is 2.67. The minimum atomic E-state index is -0.771. The highest BCUT2D eigenvalue weighted by Gasteiger charge is 2.31. The molecular formula is C6H11BrO2. The van der Waals surface area contributed by atoms with Crippen molar-refractivity contribution in [1.29, 1.82) is 0 Å². The smallest absolute Gasteiger partial charge is 0.310 e. The molecule has 0 aromatic carbocycles. The topological polar surface area (TPSA) is 37.3 Å². The summed E-state index contributed by atoms with van der Waals surface area (Å²) in [6, 6.07) is 0. The normalized spacial score (nSPS) is 15.1. The van der Waals surface area contributed by atoms with Crippen molar-refractivity contribution in [3.63, 3.8) is 0 Å². The number of carboxylic acids is 1. The second-order valence-corrected chi connectivity index (χ2v) is 4.02. The quantitative estimate of drug-likeness (QED) is 0.683. The van der Waals surface area contributed by atoms with Crippen molar-refractivity contribution in [1.82, 2.24) is 0 Å². The second-order valence-electron chi connectivity index (χ2n) is 2.64. The van der Waals surface area contributed by atoms with Crippen LogP contribution >= 0.6 is 15.9 Å². The zero-order valence-electron chi connectivity index (χ0n) is 5.81. The van der Waals surface area contributed by atoms with Gasteiger partial charge in [0.05, 0.1) is 5.41 Å². The molecule has 0 saturated carbocycles. The number of rotatable bonds is 2. The van der Waals surface area contributed by atoms with E-state index in [9.17, 15) is 4.79 Å². The SMILES string of the molecule is CC(Br)C(C)(C)C(=O)O. The van der Waals surface area contributed by atoms with E-state index in [4.69, 9.17) is 5.11 Å². The van der Waals surface area contributed by atoms with E-state index in [2.05, 4.69) is 15.9 Å². The van der Waals surface area contributed by atoms with Crippen LogP contribution in [0.2, 0.25) is 0 Å². The van der Waals surface area contributed by atoms with Gasteiger partial charge in [-0.15, -0.1) is 0 Å². The Morgan fingerprint density at radius 2 is 2.00 bits per heavy atom. The predicted octanol–water partition coefficient (Wildman–Crippen LogP) is 1.88. The fraction of sp³-hybridized carbons (Fsp3) is 0.833. The van der Waals surface area contributed by atoms with Gasteiger partial charge in [0, 0.05) is 4.83 Å². The van der Waals surface area contributed by atoms with Crippen molar-refractivity contribution in [2.24, 2.45) is 5.41 Å². The van der Waals surface area contributed by atoms with Crippen LogP contribution in [0.15, 0.2) is 0 Å². The molecule has 0 amide bonds. The first-order valence-electron chi connectivity index (χ1n) is 2.76. The molecule has 0 aliphatic heterocycles. The molecule has 0 radical (unpaired) electrons. The molecule has 54 valence electrons. The molecule has 0 rings (SSSR count). The van der Waals surface area contributed by atoms with E-state index in [1.165, 1.54) is 0 Å². The fourth-order valence-corrected chi connectivity index (χ4v) is 0.366. The van der Waals surface area contributed by atoms with Crippen LogP contribution in [0, 0.1) is 5.41 Å². The number of aliphatic carboxylic acids is 1. The summed E-state index contributed by atoms with van der Waals surface area (Å²) in [4.78, 5) is 10.4. The molecule has 0 spiro atoms. The molecule has 2 nitrogen and oxygen atoms in total. The van der Waals surface area contributed by atoms with E-state index in [1.54, 1.807) is 13.8 Å². The lowest BCUT2D eigenvalue weighted by molar-refractivity contribution is -0.146. The first kappa shape index (κ1) is 8.95. The molecule has 0 bridgehead atoms. The van der Waals surface area contributed by atoms with Crippen LogP contribution in [0.4, 0.5) is 0 Å². The highest BCUT2D eigenvalue weighted by atomic mass is 79.9. The summed E-state index contributed by atoms with van der Waals surface area (Å²) in [5.74, 6) is -0.771. The fourth-order valence-electron chi connectivity index (χ4n) is 0.170. The summed E-state index contributed by atoms with van der Waals surface area (Å²) in [6.45, 7) is 5.21. The number of hydrogen-bond acceptors (Lipinski definition) is 1. The summed E-state index contributed by atoms with van der Waals surface area (Å²) in [5.41, 5.74) is -0.667. The van der Waals surface area contributed by atoms with E-state index < -0.39 is 11.4 Å². The van der Waals surface area contributed by atoms with Gasteiger partial charge in [0.15, 0.2) is 0 Å². The second kappa shape index (κ2) is 2.69. The van der Waals surface area contributed by atoms with Crippen LogP contribution < -0.4 is 0 Å². The molecule has 0 aromatic heterocycles. The Bertz CT molecular complexity index is 118. The Hall–Kier alpha value is -0.0500. The van der Waals surface area contributed by atoms with Crippen molar-refractivity contribution < 1.29 is 9.90 Å². The summed E-state index contributed by atoms with van der Waals surface area (Å²) in [5, 5.41) is 8.58. The van der Waals surface area contributed by atoms with Gasteiger partial charge in [-0.25, -0.2) is 0 Å². The average Bonchev–Trinajstić information content (AvgIpc) is 1.65. The zero-order valence-corrected chi connectivity index (χ0v) is 7.40. The molecule has 0 aliphatic rings. The Balaban J connectivity index is 4.19. The van der Waals surface area contributed by atoms with E-state index >= 15 is 0 Å². The molecule has 1 N–H and O–H groups in total. The van der Waals surface area contributed by atoms with Gasteiger partial charge in [0.1, 0.15) is 0 Å². The Morgan fingerprint density at radius 3 is 2.00 bits per heavy atom. The largest absolute Gasteiger partial charge is 0.481 e. The van der Waals surface area contributed by atoms with Gasteiger partial charge < -0.3 is 5.11 Å². The molecule has 1 atom stereocenters. The third kappa shape index (κ3) is 1.97. The van der Waals surface area contributed by atoms with Crippen molar-refractivity contribution in [2.75, 3.05) is 0 Å². The van der Waals surface area contributed by atoms with Crippen LogP contribution in [0.25, 0.3) is 0 Å². The van der Waals surface area contributed by atoms with Crippen molar-refractivity contribution in [3.05, 3.63) is 0 Å². The van der Waals surface area contributed by atoms with Gasteiger partial charge in [-0.05, 0) is 13.8 Å². The first-order chi connectivity index (χ1) is 3.89. The third-order valence-electron chi connectivity index (χ3n) is 1.55. The highest BCUT2D eigenvalue weighted by Crippen LogP contribution is 2.26. The van der Waals surface area contributed by atoms with Crippen LogP contribution in [-0.4, -0.2) is 15.9 Å². The molecule has 0 fully saturated rings. The summed E-state index contributed by atoms with van der Waals surface area (Å²) < 4.78 is 0. The predicted molar refractivity (Wildman–Crippen MR) is 39.8 cm³/mol. The van der Waals surface area contributed by atoms with Crippen LogP contribution in [-0.2, 0) is 4.79 Å². The van der Waals surface area contributed by atoms with E-state index in [1.807, 2.05) is 6.92 Å². The van der Waals surface area contributed by atoms with E-state index in [-0.39, 0.29) is 4.83 Å². The van der Waals surface area contributed by atoms with Gasteiger partial charge in [0.2, 0.25) is 0 Å². The molecule has 3 heteroatoms. The number of halogens is 1. The Labute approximate surface area is 63.4 Å². The molecule has 9 heavy (non-hydrogen) atoms. The lowest BCUT2D eigenvalue weighted by Gasteiger charge is -2.21. The van der Waals surface area contributed by atoms with E-state index in [0.29, 0.717) is 0 Å². The minimum Gasteiger partial charge on any atom is -0.481 e. The minimum absolute atomic E-state index is 0.00231. The number of carboxylic acid groups (broad SMARTS) is 1. The van der Waals surface area contributed by atoms with Crippen molar-refractivity contribution in [3.8, 4) is 0 Å². The summed E-state index contributed by atoms with van der Waals surface area (Å²) >= 11 is 3.22. The van der Waals surface area contributed by atoms with Gasteiger partial charge in [-0.1, -0.05) is 22.9 Å². The molecule has 1 unspecified atom stereocenters. The highest BCUT2D eigenvalue weighted by molar-refractivity contribution is 9.09. The molecule has 0 heterocycles. The lowest BCUT2D eigenvalue weighted by Crippen LogP contribution is -2.31. The Morgan fingerprint density at radius 1 is 1.67 bits per heavy atom. The maximum atomic E-state index is 10.4. The average molecular weight is 195 g/mol. The standard InChI is InChI=1S/C6H11BrO2/c1-4(7)6(2,3)5(8)9/h4H,1-3H3,(H,8,9). The zero-order chi connectivity index (χ0) is 7.65. The lowest BCUT2D eigenvalue weighted by atomic mass is 9.91. The number of carbonyl (C=O) groups is 1. The van der Waals surface area contributed by atoms with Gasteiger partial charge >= 0.3 is 5.97 Å². The van der Waals surface area contributed by atoms with Gasteiger partial charge in [-0.3, -0.25) is 4.79 Å². The third-order valence-corrected chi connectivity index (χ3v) is 2.69. The van der Waals surface area contributed by atoms with Crippen molar-refractivity contribution >= 4 is 21.9 Å². The maximum Gasteiger partial charge on any atom is 0.310 e. The molecule has 0 saturated heterocycles. The van der Waals surface area contributed by atoms with Gasteiger partial charge in [-0.2, -0.15) is 0 Å². The van der Waals surface area contributed by atoms with Crippen LogP contribution in [0.5, 0.6) is 0 Å². The van der Waals surface area contributed by atoms with Crippen LogP contribution in [0.1, 0.15) is 20.8 Å². The van der Waals surface area contributed by atoms with E-state index in [0.717, 1.165) is 0 Å². The summed E-state index contributed by atoms with van der Waals surface area (Å²) in [6.07, 6.45) is 0. The summed E-state index contributed by atoms with van der Waals surface area (Å²) in [7, 11) is 0. The first-order valence-corrected chi connectivity index (χ1v) is 3.68. The molecule has 0 aromatic rings. The van der Waals surface area contributed by atoms with Crippen molar-refractivity contribution in [2.45, 2.75) is 25.6 Å². The number of alkyl halides is 1. The monoisotopic (exact) mass is 194 g/mol. The van der Waals surface area contributed by atoms with Crippen LogP contribution in [0.3, 0.4) is 0 Å². The molecular weight excluding hydrogens is 184 g/mol.